The van der Waals surface area contributed by atoms with Crippen LogP contribution in [0.1, 0.15) is 11.4 Å². The summed E-state index contributed by atoms with van der Waals surface area (Å²) in [5, 5.41) is 13.9. The Balaban J connectivity index is 1.49. The molecule has 8 nitrogen and oxygen atoms in total. The molecule has 0 saturated carbocycles. The van der Waals surface area contributed by atoms with E-state index in [9.17, 15) is 4.79 Å². The number of amides is 1. The van der Waals surface area contributed by atoms with Crippen LogP contribution in [0, 0.1) is 0 Å². The van der Waals surface area contributed by atoms with Gasteiger partial charge in [-0.2, -0.15) is 0 Å². The molecule has 2 aromatic heterocycles. The van der Waals surface area contributed by atoms with Crippen LogP contribution in [0.3, 0.4) is 0 Å². The van der Waals surface area contributed by atoms with Crippen LogP contribution < -0.4 is 11.1 Å². The molecule has 1 aliphatic rings. The van der Waals surface area contributed by atoms with Crippen molar-refractivity contribution in [1.29, 1.82) is 0 Å². The Kier molecular flexibility index (Phi) is 4.90. The number of nitrogens with two attached hydrogens (primary N) is 1. The van der Waals surface area contributed by atoms with Gasteiger partial charge in [0.1, 0.15) is 10.0 Å². The minimum atomic E-state index is -0.894. The van der Waals surface area contributed by atoms with Crippen molar-refractivity contribution >= 4 is 39.6 Å². The molecule has 28 heavy (non-hydrogen) atoms. The molecule has 0 aliphatic carbocycles. The molecule has 1 aromatic carbocycles. The molecule has 9 heteroatoms. The molecule has 3 heterocycles. The number of hydrogen-bond acceptors (Lipinski definition) is 7. The zero-order chi connectivity index (χ0) is 19.5. The quantitative estimate of drug-likeness (QED) is 0.578. The summed E-state index contributed by atoms with van der Waals surface area (Å²) in [5.41, 5.74) is 9.29. The number of benzene rings is 1. The fraction of sp³-hybridized carbons (Fsp3) is 0.158. The summed E-state index contributed by atoms with van der Waals surface area (Å²) in [6, 6.07) is 9.37. The highest BCUT2D eigenvalue weighted by molar-refractivity contribution is 7.16. The van der Waals surface area contributed by atoms with E-state index in [1.54, 1.807) is 12.4 Å². The maximum absolute atomic E-state index is 11.0. The van der Waals surface area contributed by atoms with E-state index in [2.05, 4.69) is 20.3 Å². The van der Waals surface area contributed by atoms with Gasteiger partial charge in [0.25, 0.3) is 0 Å². The Bertz CT molecular complexity index is 1050. The van der Waals surface area contributed by atoms with Crippen molar-refractivity contribution in [3.63, 3.8) is 0 Å². The molecule has 3 aromatic rings. The minimum absolute atomic E-state index is 0.387. The zero-order valence-corrected chi connectivity index (χ0v) is 15.7. The third kappa shape index (κ3) is 3.94. The third-order valence-corrected chi connectivity index (χ3v) is 5.32. The highest BCUT2D eigenvalue weighted by Gasteiger charge is 2.18. The standard InChI is InChI=1S/C19H18N6O2S/c20-14-3-1-2-13(10-14)15-4-7-21-18(23-15)24-16-11-22-17(28-16)12-5-8-25(9-6-12)19(26)27/h1-5,7,10-11H,6,8-9,20H2,(H,26,27)(H,21,23,24). The molecule has 142 valence electrons. The van der Waals surface area contributed by atoms with E-state index < -0.39 is 6.09 Å². The summed E-state index contributed by atoms with van der Waals surface area (Å²) < 4.78 is 0. The number of nitrogens with zero attached hydrogens (tertiary/aromatic N) is 4. The monoisotopic (exact) mass is 394 g/mol. The Morgan fingerprint density at radius 2 is 2.18 bits per heavy atom. The van der Waals surface area contributed by atoms with Gasteiger partial charge in [-0.15, -0.1) is 0 Å². The van der Waals surface area contributed by atoms with Crippen molar-refractivity contribution in [3.8, 4) is 11.3 Å². The van der Waals surface area contributed by atoms with Gasteiger partial charge in [-0.05, 0) is 30.2 Å². The van der Waals surface area contributed by atoms with Crippen LogP contribution in [-0.4, -0.2) is 44.1 Å². The van der Waals surface area contributed by atoms with Gasteiger partial charge in [-0.3, -0.25) is 0 Å². The number of anilines is 3. The first kappa shape index (κ1) is 17.9. The molecule has 1 aliphatic heterocycles. The van der Waals surface area contributed by atoms with Crippen LogP contribution in [0.5, 0.6) is 0 Å². The van der Waals surface area contributed by atoms with Gasteiger partial charge in [-0.25, -0.2) is 19.7 Å². The number of thiazole rings is 1. The Hall–Kier alpha value is -3.46. The van der Waals surface area contributed by atoms with Crippen molar-refractivity contribution in [2.75, 3.05) is 24.1 Å². The Morgan fingerprint density at radius 1 is 1.29 bits per heavy atom. The topological polar surface area (TPSA) is 117 Å². The molecule has 1 amide bonds. The summed E-state index contributed by atoms with van der Waals surface area (Å²) >= 11 is 1.49. The Morgan fingerprint density at radius 3 is 2.93 bits per heavy atom. The van der Waals surface area contributed by atoms with Gasteiger partial charge in [0, 0.05) is 30.5 Å². The molecule has 4 N–H and O–H groups in total. The smallest absolute Gasteiger partial charge is 0.407 e. The molecule has 0 spiro atoms. The SMILES string of the molecule is Nc1cccc(-c2ccnc(Nc3cnc(C4=CCN(C(=O)O)CC4)s3)n2)c1. The molecular weight excluding hydrogens is 376 g/mol. The minimum Gasteiger partial charge on any atom is -0.465 e. The first-order valence-electron chi connectivity index (χ1n) is 8.67. The lowest BCUT2D eigenvalue weighted by Gasteiger charge is -2.22. The maximum atomic E-state index is 11.0. The normalized spacial score (nSPS) is 13.9. The molecule has 0 unspecified atom stereocenters. The largest absolute Gasteiger partial charge is 0.465 e. The Labute approximate surface area is 165 Å². The van der Waals surface area contributed by atoms with Crippen molar-refractivity contribution in [1.82, 2.24) is 19.9 Å². The first-order valence-corrected chi connectivity index (χ1v) is 9.49. The van der Waals surface area contributed by atoms with Crippen LogP contribution in [0.4, 0.5) is 21.4 Å². The van der Waals surface area contributed by atoms with E-state index in [1.165, 1.54) is 16.2 Å². The number of nitrogen functional groups attached to an aromatic ring is 1. The molecule has 0 radical (unpaired) electrons. The second kappa shape index (κ2) is 7.65. The maximum Gasteiger partial charge on any atom is 0.407 e. The highest BCUT2D eigenvalue weighted by atomic mass is 32.1. The highest BCUT2D eigenvalue weighted by Crippen LogP contribution is 2.30. The van der Waals surface area contributed by atoms with Gasteiger partial charge in [0.15, 0.2) is 0 Å². The van der Waals surface area contributed by atoms with Gasteiger partial charge in [0.05, 0.1) is 11.9 Å². The lowest BCUT2D eigenvalue weighted by atomic mass is 10.1. The molecular formula is C19H18N6O2S. The lowest BCUT2D eigenvalue weighted by Crippen LogP contribution is -2.33. The summed E-state index contributed by atoms with van der Waals surface area (Å²) in [5.74, 6) is 0.477. The molecule has 4 rings (SSSR count). The first-order chi connectivity index (χ1) is 13.6. The predicted molar refractivity (Wildman–Crippen MR) is 109 cm³/mol. The summed E-state index contributed by atoms with van der Waals surface area (Å²) in [6.45, 7) is 0.868. The lowest BCUT2D eigenvalue weighted by molar-refractivity contribution is 0.150. The zero-order valence-electron chi connectivity index (χ0n) is 14.9. The average Bonchev–Trinajstić information content (AvgIpc) is 3.17. The van der Waals surface area contributed by atoms with Crippen LogP contribution in [0.15, 0.2) is 48.8 Å². The van der Waals surface area contributed by atoms with Gasteiger partial charge in [-0.1, -0.05) is 29.5 Å². The van der Waals surface area contributed by atoms with Crippen molar-refractivity contribution in [3.05, 3.63) is 53.8 Å². The molecule has 0 saturated heterocycles. The predicted octanol–water partition coefficient (Wildman–Crippen LogP) is 3.69. The number of carboxylic acid groups (broad SMARTS) is 1. The second-order valence-corrected chi connectivity index (χ2v) is 7.28. The van der Waals surface area contributed by atoms with E-state index in [4.69, 9.17) is 10.8 Å². The second-order valence-electron chi connectivity index (χ2n) is 6.25. The summed E-state index contributed by atoms with van der Waals surface area (Å²) in [7, 11) is 0. The van der Waals surface area contributed by atoms with E-state index in [0.717, 1.165) is 26.8 Å². The van der Waals surface area contributed by atoms with E-state index in [0.29, 0.717) is 31.1 Å². The van der Waals surface area contributed by atoms with E-state index >= 15 is 0 Å². The van der Waals surface area contributed by atoms with Crippen LogP contribution in [0.25, 0.3) is 16.8 Å². The fourth-order valence-corrected chi connectivity index (χ4v) is 3.78. The van der Waals surface area contributed by atoms with Gasteiger partial charge >= 0.3 is 6.09 Å². The number of carbonyl (C=O) groups is 1. The molecule has 0 fully saturated rings. The number of rotatable bonds is 4. The van der Waals surface area contributed by atoms with Crippen LogP contribution >= 0.6 is 11.3 Å². The van der Waals surface area contributed by atoms with Crippen molar-refractivity contribution < 1.29 is 9.90 Å². The molecule has 0 bridgehead atoms. The fourth-order valence-electron chi connectivity index (χ4n) is 2.91. The van der Waals surface area contributed by atoms with Crippen LogP contribution in [0.2, 0.25) is 0 Å². The van der Waals surface area contributed by atoms with Gasteiger partial charge in [0.2, 0.25) is 5.95 Å². The third-order valence-electron chi connectivity index (χ3n) is 4.33. The van der Waals surface area contributed by atoms with Crippen LogP contribution in [-0.2, 0) is 0 Å². The number of hydrogen-bond donors (Lipinski definition) is 3. The summed E-state index contributed by atoms with van der Waals surface area (Å²) in [6.07, 6.45) is 5.10. The van der Waals surface area contributed by atoms with E-state index in [1.807, 2.05) is 36.4 Å². The number of aromatic nitrogens is 3. The van der Waals surface area contributed by atoms with E-state index in [-0.39, 0.29) is 0 Å². The van der Waals surface area contributed by atoms with Crippen molar-refractivity contribution in [2.24, 2.45) is 0 Å². The number of nitrogens with one attached hydrogen (secondary N) is 1. The van der Waals surface area contributed by atoms with Gasteiger partial charge < -0.3 is 21.1 Å². The summed E-state index contributed by atoms with van der Waals surface area (Å²) in [4.78, 5) is 25.7. The van der Waals surface area contributed by atoms with Crippen molar-refractivity contribution in [2.45, 2.75) is 6.42 Å². The molecule has 0 atom stereocenters. The average molecular weight is 394 g/mol.